The molecule has 8 nitrogen and oxygen atoms in total. The average molecular weight is 451 g/mol. The molecule has 33 heavy (non-hydrogen) atoms. The number of nitrogens with zero attached hydrogens (tertiary/aromatic N) is 3. The summed E-state index contributed by atoms with van der Waals surface area (Å²) in [5.41, 5.74) is 2.67. The Balaban J connectivity index is 1.33. The van der Waals surface area contributed by atoms with Crippen molar-refractivity contribution in [3.8, 4) is 22.9 Å². The monoisotopic (exact) mass is 450 g/mol. The van der Waals surface area contributed by atoms with Crippen molar-refractivity contribution in [1.82, 2.24) is 10.1 Å². The molecular weight excluding hydrogens is 420 g/mol. The Bertz CT molecular complexity index is 1070. The lowest BCUT2D eigenvalue weighted by Crippen LogP contribution is -2.32. The third kappa shape index (κ3) is 5.63. The van der Waals surface area contributed by atoms with Crippen molar-refractivity contribution in [3.05, 3.63) is 48.4 Å². The highest BCUT2D eigenvalue weighted by molar-refractivity contribution is 5.92. The number of carbonyl (C=O) groups excluding carboxylic acids is 1. The second-order valence-corrected chi connectivity index (χ2v) is 8.34. The normalized spacial score (nSPS) is 14.2. The van der Waals surface area contributed by atoms with Crippen molar-refractivity contribution in [2.45, 2.75) is 32.6 Å². The molecular formula is C25H30N4O4. The molecule has 1 aliphatic heterocycles. The van der Waals surface area contributed by atoms with Crippen molar-refractivity contribution in [2.75, 3.05) is 37.5 Å². The van der Waals surface area contributed by atoms with Crippen LogP contribution in [-0.4, -0.2) is 43.4 Å². The molecule has 3 aromatic rings. The maximum Gasteiger partial charge on any atom is 0.227 e. The summed E-state index contributed by atoms with van der Waals surface area (Å²) in [4.78, 5) is 19.3. The van der Waals surface area contributed by atoms with Gasteiger partial charge >= 0.3 is 0 Å². The van der Waals surface area contributed by atoms with E-state index in [-0.39, 0.29) is 12.3 Å². The molecule has 1 fully saturated rings. The molecule has 0 saturated carbocycles. The van der Waals surface area contributed by atoms with Crippen molar-refractivity contribution < 1.29 is 18.8 Å². The molecule has 174 valence electrons. The number of carbonyl (C=O) groups is 1. The van der Waals surface area contributed by atoms with E-state index in [1.165, 1.54) is 18.5 Å². The van der Waals surface area contributed by atoms with Gasteiger partial charge in [0.2, 0.25) is 17.6 Å². The predicted molar refractivity (Wildman–Crippen MR) is 127 cm³/mol. The Morgan fingerprint density at radius 3 is 2.58 bits per heavy atom. The summed E-state index contributed by atoms with van der Waals surface area (Å²) in [7, 11) is 3.12. The summed E-state index contributed by atoms with van der Waals surface area (Å²) in [6.07, 6.45) is 3.01. The molecule has 8 heteroatoms. The number of amides is 1. The van der Waals surface area contributed by atoms with Crippen LogP contribution in [0.4, 0.5) is 11.4 Å². The van der Waals surface area contributed by atoms with Gasteiger partial charge in [0.15, 0.2) is 0 Å². The number of piperidine rings is 1. The predicted octanol–water partition coefficient (Wildman–Crippen LogP) is 4.56. The summed E-state index contributed by atoms with van der Waals surface area (Å²) in [5.74, 6) is 2.77. The first kappa shape index (κ1) is 22.6. The van der Waals surface area contributed by atoms with Crippen molar-refractivity contribution in [1.29, 1.82) is 0 Å². The highest BCUT2D eigenvalue weighted by Gasteiger charge is 2.17. The molecule has 1 saturated heterocycles. The van der Waals surface area contributed by atoms with E-state index in [0.29, 0.717) is 35.3 Å². The molecule has 0 aliphatic carbocycles. The molecule has 1 aromatic heterocycles. The van der Waals surface area contributed by atoms with Gasteiger partial charge in [-0.2, -0.15) is 4.98 Å². The van der Waals surface area contributed by atoms with Gasteiger partial charge in [-0.1, -0.05) is 12.1 Å². The van der Waals surface area contributed by atoms with Crippen LogP contribution in [0.15, 0.2) is 47.0 Å². The third-order valence-electron chi connectivity index (χ3n) is 5.99. The number of anilines is 2. The fraction of sp³-hybridized carbons (Fsp3) is 0.400. The topological polar surface area (TPSA) is 89.7 Å². The van der Waals surface area contributed by atoms with Crippen LogP contribution in [0.25, 0.3) is 11.4 Å². The van der Waals surface area contributed by atoms with Gasteiger partial charge in [0.1, 0.15) is 11.5 Å². The van der Waals surface area contributed by atoms with Gasteiger partial charge in [-0.15, -0.1) is 0 Å². The third-order valence-corrected chi connectivity index (χ3v) is 5.99. The van der Waals surface area contributed by atoms with E-state index in [0.717, 1.165) is 24.6 Å². The second kappa shape index (κ2) is 10.4. The number of aromatic nitrogens is 2. The molecule has 1 amide bonds. The van der Waals surface area contributed by atoms with E-state index in [1.807, 2.05) is 12.1 Å². The molecule has 0 bridgehead atoms. The minimum atomic E-state index is -0.179. The number of ether oxygens (including phenoxy) is 2. The number of aryl methyl sites for hydroxylation is 1. The maximum absolute atomic E-state index is 12.4. The van der Waals surface area contributed by atoms with Gasteiger partial charge in [-0.3, -0.25) is 4.79 Å². The zero-order valence-corrected chi connectivity index (χ0v) is 19.3. The Morgan fingerprint density at radius 2 is 1.88 bits per heavy atom. The maximum atomic E-state index is 12.4. The minimum absolute atomic E-state index is 0.179. The molecule has 1 N–H and O–H groups in total. The lowest BCUT2D eigenvalue weighted by Gasteiger charge is -2.32. The number of benzene rings is 2. The fourth-order valence-electron chi connectivity index (χ4n) is 3.91. The van der Waals surface area contributed by atoms with E-state index in [4.69, 9.17) is 14.0 Å². The van der Waals surface area contributed by atoms with E-state index >= 15 is 0 Å². The lowest BCUT2D eigenvalue weighted by atomic mass is 9.98. The van der Waals surface area contributed by atoms with Gasteiger partial charge in [0.25, 0.3) is 0 Å². The van der Waals surface area contributed by atoms with Gasteiger partial charge in [-0.05, 0) is 55.2 Å². The van der Waals surface area contributed by atoms with Crippen LogP contribution < -0.4 is 19.7 Å². The highest BCUT2D eigenvalue weighted by atomic mass is 16.5. The smallest absolute Gasteiger partial charge is 0.227 e. The van der Waals surface area contributed by atoms with E-state index in [1.54, 1.807) is 32.4 Å². The Kier molecular flexibility index (Phi) is 7.12. The van der Waals surface area contributed by atoms with Gasteiger partial charge < -0.3 is 24.2 Å². The first-order valence-electron chi connectivity index (χ1n) is 11.3. The van der Waals surface area contributed by atoms with E-state index < -0.39 is 0 Å². The van der Waals surface area contributed by atoms with Crippen molar-refractivity contribution in [3.63, 3.8) is 0 Å². The highest BCUT2D eigenvalue weighted by Crippen LogP contribution is 2.29. The molecule has 0 atom stereocenters. The van der Waals surface area contributed by atoms with Crippen LogP contribution in [0.3, 0.4) is 0 Å². The number of hydrogen-bond donors (Lipinski definition) is 1. The van der Waals surface area contributed by atoms with Gasteiger partial charge in [-0.25, -0.2) is 0 Å². The largest absolute Gasteiger partial charge is 0.497 e. The summed E-state index contributed by atoms with van der Waals surface area (Å²) in [6.45, 7) is 4.50. The zero-order valence-electron chi connectivity index (χ0n) is 19.3. The first-order valence-corrected chi connectivity index (χ1v) is 11.3. The molecule has 2 aromatic carbocycles. The molecule has 0 spiro atoms. The second-order valence-electron chi connectivity index (χ2n) is 8.34. The first-order chi connectivity index (χ1) is 16.1. The van der Waals surface area contributed by atoms with Crippen LogP contribution in [0.2, 0.25) is 0 Å². The van der Waals surface area contributed by atoms with Crippen LogP contribution in [0.1, 0.15) is 32.1 Å². The Labute approximate surface area is 193 Å². The van der Waals surface area contributed by atoms with Crippen LogP contribution in [-0.2, 0) is 11.2 Å². The summed E-state index contributed by atoms with van der Waals surface area (Å²) in [5, 5.41) is 6.93. The molecule has 1 aliphatic rings. The zero-order chi connectivity index (χ0) is 23.2. The Morgan fingerprint density at radius 1 is 1.12 bits per heavy atom. The summed E-state index contributed by atoms with van der Waals surface area (Å²) >= 11 is 0. The number of hydrogen-bond acceptors (Lipinski definition) is 7. The SMILES string of the molecule is COc1ccc(OC)c(NC(=O)CCc2nc(-c3ccc(N4CCC(C)CC4)cc3)no2)c1. The summed E-state index contributed by atoms with van der Waals surface area (Å²) < 4.78 is 15.9. The van der Waals surface area contributed by atoms with Crippen LogP contribution in [0, 0.1) is 5.92 Å². The van der Waals surface area contributed by atoms with Crippen LogP contribution >= 0.6 is 0 Å². The quantitative estimate of drug-likeness (QED) is 0.538. The van der Waals surface area contributed by atoms with Crippen LogP contribution in [0.5, 0.6) is 11.5 Å². The number of rotatable bonds is 8. The molecule has 4 rings (SSSR count). The van der Waals surface area contributed by atoms with Gasteiger partial charge in [0.05, 0.1) is 19.9 Å². The van der Waals surface area contributed by atoms with Crippen molar-refractivity contribution >= 4 is 17.3 Å². The standard InChI is InChI=1S/C25H30N4O4/c1-17-12-14-29(15-13-17)19-6-4-18(5-7-19)25-27-24(33-28-25)11-10-23(30)26-21-16-20(31-2)8-9-22(21)32-3/h4-9,16-17H,10-15H2,1-3H3,(H,26,30). The number of nitrogens with one attached hydrogen (secondary N) is 1. The molecule has 0 unspecified atom stereocenters. The molecule has 0 radical (unpaired) electrons. The van der Waals surface area contributed by atoms with Crippen molar-refractivity contribution in [2.24, 2.45) is 5.92 Å². The average Bonchev–Trinajstić information content (AvgIpc) is 3.32. The lowest BCUT2D eigenvalue weighted by molar-refractivity contribution is -0.116. The fourth-order valence-corrected chi connectivity index (χ4v) is 3.91. The van der Waals surface area contributed by atoms with E-state index in [9.17, 15) is 4.79 Å². The Hall–Kier alpha value is -3.55. The summed E-state index contributed by atoms with van der Waals surface area (Å²) in [6, 6.07) is 13.5. The molecule has 2 heterocycles. The van der Waals surface area contributed by atoms with Gasteiger partial charge in [0, 0.05) is 43.2 Å². The number of methoxy groups -OCH3 is 2. The van der Waals surface area contributed by atoms with E-state index in [2.05, 4.69) is 39.4 Å². The minimum Gasteiger partial charge on any atom is -0.497 e.